The van der Waals surface area contributed by atoms with Crippen LogP contribution in [0.2, 0.25) is 0 Å². The minimum absolute atomic E-state index is 0.151. The molecule has 2 nitrogen and oxygen atoms in total. The summed E-state index contributed by atoms with van der Waals surface area (Å²) in [7, 11) is 0. The molecule has 4 heteroatoms. The summed E-state index contributed by atoms with van der Waals surface area (Å²) in [5, 5.41) is 13.0. The van der Waals surface area contributed by atoms with E-state index in [1.165, 1.54) is 12.1 Å². The van der Waals surface area contributed by atoms with E-state index in [9.17, 15) is 9.50 Å². The SMILES string of the molecule is CC(C)C(NCc1ccc(O)c(Br)c1)c1ccc(F)cc1. The van der Waals surface area contributed by atoms with E-state index in [4.69, 9.17) is 0 Å². The summed E-state index contributed by atoms with van der Waals surface area (Å²) in [6, 6.07) is 12.2. The number of hydrogen-bond acceptors (Lipinski definition) is 2. The fraction of sp³-hybridized carbons (Fsp3) is 0.294. The fourth-order valence-electron chi connectivity index (χ4n) is 2.30. The fourth-order valence-corrected chi connectivity index (χ4v) is 2.72. The van der Waals surface area contributed by atoms with Gasteiger partial charge in [0.25, 0.3) is 0 Å². The van der Waals surface area contributed by atoms with Crippen molar-refractivity contribution in [2.75, 3.05) is 0 Å². The number of phenols is 1. The summed E-state index contributed by atoms with van der Waals surface area (Å²) in [4.78, 5) is 0. The van der Waals surface area contributed by atoms with E-state index in [2.05, 4.69) is 35.1 Å². The zero-order chi connectivity index (χ0) is 15.4. The van der Waals surface area contributed by atoms with Crippen LogP contribution in [0.5, 0.6) is 5.75 Å². The highest BCUT2D eigenvalue weighted by atomic mass is 79.9. The van der Waals surface area contributed by atoms with Gasteiger partial charge in [0.05, 0.1) is 4.47 Å². The Hall–Kier alpha value is -1.39. The molecule has 0 amide bonds. The molecule has 0 saturated heterocycles. The summed E-state index contributed by atoms with van der Waals surface area (Å²) in [5.41, 5.74) is 2.15. The number of benzene rings is 2. The first-order chi connectivity index (χ1) is 9.97. The summed E-state index contributed by atoms with van der Waals surface area (Å²) in [6.45, 7) is 4.95. The highest BCUT2D eigenvalue weighted by Gasteiger charge is 2.15. The molecule has 112 valence electrons. The standard InChI is InChI=1S/C17H19BrFNO/c1-11(2)17(13-4-6-14(19)7-5-13)20-10-12-3-8-16(21)15(18)9-12/h3-9,11,17,20-21H,10H2,1-2H3. The summed E-state index contributed by atoms with van der Waals surface area (Å²) in [6.07, 6.45) is 0. The molecule has 21 heavy (non-hydrogen) atoms. The number of nitrogens with one attached hydrogen (secondary N) is 1. The van der Waals surface area contributed by atoms with Crippen molar-refractivity contribution in [3.05, 3.63) is 63.9 Å². The molecule has 1 atom stereocenters. The van der Waals surface area contributed by atoms with Gasteiger partial charge in [-0.3, -0.25) is 0 Å². The van der Waals surface area contributed by atoms with Gasteiger partial charge in [-0.1, -0.05) is 32.0 Å². The molecule has 2 aromatic carbocycles. The maximum atomic E-state index is 13.0. The molecule has 0 aromatic heterocycles. The maximum Gasteiger partial charge on any atom is 0.129 e. The monoisotopic (exact) mass is 351 g/mol. The van der Waals surface area contributed by atoms with Gasteiger partial charge in [0, 0.05) is 12.6 Å². The highest BCUT2D eigenvalue weighted by Crippen LogP contribution is 2.26. The van der Waals surface area contributed by atoms with Crippen molar-refractivity contribution in [3.8, 4) is 5.75 Å². The van der Waals surface area contributed by atoms with Gasteiger partial charge in [-0.2, -0.15) is 0 Å². The van der Waals surface area contributed by atoms with E-state index < -0.39 is 0 Å². The van der Waals surface area contributed by atoms with Gasteiger partial charge in [0.2, 0.25) is 0 Å². The van der Waals surface area contributed by atoms with Crippen LogP contribution in [0.3, 0.4) is 0 Å². The van der Waals surface area contributed by atoms with Crippen molar-refractivity contribution in [2.24, 2.45) is 5.92 Å². The molecule has 2 aromatic rings. The van der Waals surface area contributed by atoms with Crippen LogP contribution in [0.15, 0.2) is 46.9 Å². The van der Waals surface area contributed by atoms with Crippen molar-refractivity contribution in [2.45, 2.75) is 26.4 Å². The molecule has 0 spiro atoms. The lowest BCUT2D eigenvalue weighted by molar-refractivity contribution is 0.410. The molecule has 0 saturated carbocycles. The van der Waals surface area contributed by atoms with Crippen molar-refractivity contribution >= 4 is 15.9 Å². The molecule has 0 heterocycles. The molecule has 0 aliphatic heterocycles. The Morgan fingerprint density at radius 1 is 1.14 bits per heavy atom. The third-order valence-corrected chi connectivity index (χ3v) is 4.07. The topological polar surface area (TPSA) is 32.3 Å². The minimum Gasteiger partial charge on any atom is -0.507 e. The van der Waals surface area contributed by atoms with Crippen molar-refractivity contribution < 1.29 is 9.50 Å². The van der Waals surface area contributed by atoms with Crippen LogP contribution in [-0.4, -0.2) is 5.11 Å². The number of halogens is 2. The Morgan fingerprint density at radius 2 is 1.81 bits per heavy atom. The van der Waals surface area contributed by atoms with Gasteiger partial charge in [-0.05, 0) is 57.2 Å². The van der Waals surface area contributed by atoms with Crippen LogP contribution in [-0.2, 0) is 6.54 Å². The van der Waals surface area contributed by atoms with Gasteiger partial charge in [-0.15, -0.1) is 0 Å². The first kappa shape index (κ1) is 16.0. The Labute approximate surface area is 133 Å². The summed E-state index contributed by atoms with van der Waals surface area (Å²) >= 11 is 3.32. The number of rotatable bonds is 5. The van der Waals surface area contributed by atoms with Crippen LogP contribution in [0, 0.1) is 11.7 Å². The molecular weight excluding hydrogens is 333 g/mol. The first-order valence-electron chi connectivity index (χ1n) is 6.93. The summed E-state index contributed by atoms with van der Waals surface area (Å²) < 4.78 is 13.7. The van der Waals surface area contributed by atoms with Crippen molar-refractivity contribution in [3.63, 3.8) is 0 Å². The van der Waals surface area contributed by atoms with Gasteiger partial charge in [0.1, 0.15) is 11.6 Å². The van der Waals surface area contributed by atoms with Gasteiger partial charge < -0.3 is 10.4 Å². The van der Waals surface area contributed by atoms with Crippen LogP contribution >= 0.6 is 15.9 Å². The minimum atomic E-state index is -0.219. The van der Waals surface area contributed by atoms with Crippen LogP contribution in [0.4, 0.5) is 4.39 Å². The smallest absolute Gasteiger partial charge is 0.129 e. The molecule has 0 bridgehead atoms. The average molecular weight is 352 g/mol. The lowest BCUT2D eigenvalue weighted by Gasteiger charge is -2.23. The second kappa shape index (κ2) is 7.05. The Kier molecular flexibility index (Phi) is 5.37. The predicted octanol–water partition coefficient (Wildman–Crippen LogP) is 4.78. The van der Waals surface area contributed by atoms with E-state index in [1.54, 1.807) is 6.07 Å². The summed E-state index contributed by atoms with van der Waals surface area (Å²) in [5.74, 6) is 0.400. The quantitative estimate of drug-likeness (QED) is 0.812. The molecule has 0 radical (unpaired) electrons. The molecular formula is C17H19BrFNO. The van der Waals surface area contributed by atoms with Crippen molar-refractivity contribution in [1.29, 1.82) is 0 Å². The Balaban J connectivity index is 2.09. The van der Waals surface area contributed by atoms with Crippen LogP contribution in [0.1, 0.15) is 31.0 Å². The lowest BCUT2D eigenvalue weighted by atomic mass is 9.95. The normalized spacial score (nSPS) is 12.6. The molecule has 1 unspecified atom stereocenters. The molecule has 0 aliphatic carbocycles. The largest absolute Gasteiger partial charge is 0.507 e. The second-order valence-electron chi connectivity index (χ2n) is 5.44. The average Bonchev–Trinajstić information content (AvgIpc) is 2.44. The Bertz CT molecular complexity index is 598. The van der Waals surface area contributed by atoms with E-state index in [-0.39, 0.29) is 17.6 Å². The molecule has 2 rings (SSSR count). The van der Waals surface area contributed by atoms with Gasteiger partial charge in [0.15, 0.2) is 0 Å². The maximum absolute atomic E-state index is 13.0. The third-order valence-electron chi connectivity index (χ3n) is 3.43. The zero-order valence-electron chi connectivity index (χ0n) is 12.1. The van der Waals surface area contributed by atoms with Gasteiger partial charge >= 0.3 is 0 Å². The lowest BCUT2D eigenvalue weighted by Crippen LogP contribution is -2.25. The number of hydrogen-bond donors (Lipinski definition) is 2. The highest BCUT2D eigenvalue weighted by molar-refractivity contribution is 9.10. The van der Waals surface area contributed by atoms with Gasteiger partial charge in [-0.25, -0.2) is 4.39 Å². The number of phenolic OH excluding ortho intramolecular Hbond substituents is 1. The van der Waals surface area contributed by atoms with Crippen LogP contribution in [0.25, 0.3) is 0 Å². The van der Waals surface area contributed by atoms with E-state index >= 15 is 0 Å². The predicted molar refractivity (Wildman–Crippen MR) is 86.6 cm³/mol. The van der Waals surface area contributed by atoms with E-state index in [1.807, 2.05) is 24.3 Å². The van der Waals surface area contributed by atoms with Crippen LogP contribution < -0.4 is 5.32 Å². The third kappa shape index (κ3) is 4.29. The molecule has 0 aliphatic rings. The van der Waals surface area contributed by atoms with E-state index in [0.29, 0.717) is 16.9 Å². The second-order valence-corrected chi connectivity index (χ2v) is 6.29. The first-order valence-corrected chi connectivity index (χ1v) is 7.73. The van der Waals surface area contributed by atoms with Crippen molar-refractivity contribution in [1.82, 2.24) is 5.32 Å². The zero-order valence-corrected chi connectivity index (χ0v) is 13.7. The Morgan fingerprint density at radius 3 is 2.38 bits per heavy atom. The number of aromatic hydroxyl groups is 1. The molecule has 0 fully saturated rings. The molecule has 2 N–H and O–H groups in total. The van der Waals surface area contributed by atoms with E-state index in [0.717, 1.165) is 11.1 Å².